The number of hydrogen-bond acceptors (Lipinski definition) is 6. The van der Waals surface area contributed by atoms with Gasteiger partial charge >= 0.3 is 40.9 Å². The first-order valence-electron chi connectivity index (χ1n) is 3.13. The van der Waals surface area contributed by atoms with Crippen molar-refractivity contribution in [3.63, 3.8) is 0 Å². The molecule has 2 rings (SSSR count). The maximum atomic E-state index is 11.2. The minimum Gasteiger partial charge on any atom is -0.358 e. The standard InChI is InChI=1S/C4H2N6O3.Na/c11-3-2(10(12)13)7-8-4-5-1-6-9(3)4;/h1H,(H,5,6,8);/q;+1. The molecule has 0 saturated carbocycles. The van der Waals surface area contributed by atoms with E-state index in [1.54, 1.807) is 0 Å². The molecule has 0 radical (unpaired) electrons. The Hall–Kier alpha value is -1.32. The minimum atomic E-state index is -0.900. The first-order chi connectivity index (χ1) is 6.20. The molecule has 2 aromatic rings. The van der Waals surface area contributed by atoms with Crippen LogP contribution in [0.15, 0.2) is 11.1 Å². The molecule has 2 heterocycles. The van der Waals surface area contributed by atoms with E-state index < -0.39 is 16.3 Å². The summed E-state index contributed by atoms with van der Waals surface area (Å²) in [6.07, 6.45) is 1.19. The second-order valence-corrected chi connectivity index (χ2v) is 2.11. The summed E-state index contributed by atoms with van der Waals surface area (Å²) in [7, 11) is 0. The molecule has 0 amide bonds. The minimum absolute atomic E-state index is 0. The van der Waals surface area contributed by atoms with E-state index in [0.717, 1.165) is 4.52 Å². The van der Waals surface area contributed by atoms with Gasteiger partial charge in [-0.15, -0.1) is 0 Å². The van der Waals surface area contributed by atoms with Crippen LogP contribution in [-0.4, -0.2) is 29.7 Å². The Labute approximate surface area is 97.6 Å². The topological polar surface area (TPSA) is 119 Å². The van der Waals surface area contributed by atoms with Crippen molar-refractivity contribution in [2.24, 2.45) is 0 Å². The third-order valence-electron chi connectivity index (χ3n) is 1.37. The summed E-state index contributed by atoms with van der Waals surface area (Å²) in [6.45, 7) is 0. The van der Waals surface area contributed by atoms with Crippen LogP contribution in [0.4, 0.5) is 5.82 Å². The molecule has 1 N–H and O–H groups in total. The first-order valence-corrected chi connectivity index (χ1v) is 3.13. The number of nitrogens with zero attached hydrogens (tertiary/aromatic N) is 5. The number of H-pyrrole nitrogens is 1. The van der Waals surface area contributed by atoms with Gasteiger partial charge in [-0.25, -0.2) is 0 Å². The van der Waals surface area contributed by atoms with E-state index in [-0.39, 0.29) is 35.3 Å². The zero-order valence-electron chi connectivity index (χ0n) is 7.04. The molecule has 66 valence electrons. The average molecular weight is 205 g/mol. The molecule has 0 aliphatic carbocycles. The van der Waals surface area contributed by atoms with Crippen LogP contribution in [0.5, 0.6) is 0 Å². The van der Waals surface area contributed by atoms with Gasteiger partial charge in [0, 0.05) is 5.10 Å². The smallest absolute Gasteiger partial charge is 0.358 e. The molecule has 0 saturated heterocycles. The van der Waals surface area contributed by atoms with E-state index in [0.29, 0.717) is 0 Å². The number of nitrogens with one attached hydrogen (secondary N) is 1. The molecule has 0 aromatic carbocycles. The van der Waals surface area contributed by atoms with E-state index in [2.05, 4.69) is 20.3 Å². The van der Waals surface area contributed by atoms with Gasteiger partial charge in [-0.05, 0) is 4.92 Å². The third kappa shape index (κ3) is 1.52. The monoisotopic (exact) mass is 205 g/mol. The Balaban J connectivity index is 0.000000980. The van der Waals surface area contributed by atoms with E-state index in [1.807, 2.05) is 0 Å². The molecular formula is C4H2N6NaO3+. The first kappa shape index (κ1) is 10.8. The number of hydrogen-bond donors (Lipinski definition) is 1. The van der Waals surface area contributed by atoms with Crippen molar-refractivity contribution in [3.8, 4) is 0 Å². The number of rotatable bonds is 1. The molecule has 0 fully saturated rings. The second kappa shape index (κ2) is 3.82. The molecule has 2 aromatic heterocycles. The van der Waals surface area contributed by atoms with E-state index in [4.69, 9.17) is 0 Å². The molecule has 0 bridgehead atoms. The third-order valence-corrected chi connectivity index (χ3v) is 1.37. The number of fused-ring (bicyclic) bond motifs is 1. The fraction of sp³-hybridized carbons (Fsp3) is 0. The molecular weight excluding hydrogens is 203 g/mol. The van der Waals surface area contributed by atoms with Gasteiger partial charge in [-0.2, -0.15) is 9.50 Å². The zero-order chi connectivity index (χ0) is 9.42. The summed E-state index contributed by atoms with van der Waals surface area (Å²) in [6, 6.07) is 0. The fourth-order valence-electron chi connectivity index (χ4n) is 0.829. The van der Waals surface area contributed by atoms with Crippen LogP contribution in [0, 0.1) is 10.1 Å². The van der Waals surface area contributed by atoms with Crippen LogP contribution >= 0.6 is 0 Å². The van der Waals surface area contributed by atoms with E-state index in [1.165, 1.54) is 6.33 Å². The van der Waals surface area contributed by atoms with Crippen LogP contribution in [0.1, 0.15) is 0 Å². The van der Waals surface area contributed by atoms with E-state index in [9.17, 15) is 14.9 Å². The zero-order valence-corrected chi connectivity index (χ0v) is 9.04. The van der Waals surface area contributed by atoms with Crippen molar-refractivity contribution in [1.29, 1.82) is 0 Å². The molecule has 0 aliphatic heterocycles. The summed E-state index contributed by atoms with van der Waals surface area (Å²) in [4.78, 5) is 24.1. The largest absolute Gasteiger partial charge is 1.00 e. The van der Waals surface area contributed by atoms with Crippen LogP contribution in [0.3, 0.4) is 0 Å². The molecule has 0 atom stereocenters. The van der Waals surface area contributed by atoms with Gasteiger partial charge in [0.2, 0.25) is 0 Å². The van der Waals surface area contributed by atoms with Crippen molar-refractivity contribution in [3.05, 3.63) is 26.8 Å². The van der Waals surface area contributed by atoms with Crippen molar-refractivity contribution < 1.29 is 34.5 Å². The van der Waals surface area contributed by atoms with Crippen molar-refractivity contribution in [2.75, 3.05) is 0 Å². The summed E-state index contributed by atoms with van der Waals surface area (Å²) in [5.74, 6) is -0.836. The van der Waals surface area contributed by atoms with Crippen LogP contribution in [0.2, 0.25) is 0 Å². The van der Waals surface area contributed by atoms with Gasteiger partial charge < -0.3 is 10.1 Å². The van der Waals surface area contributed by atoms with Crippen LogP contribution in [0.25, 0.3) is 5.78 Å². The quantitative estimate of drug-likeness (QED) is 0.286. The summed E-state index contributed by atoms with van der Waals surface area (Å²) >= 11 is 0. The number of nitro groups is 1. The van der Waals surface area contributed by atoms with Crippen LogP contribution in [-0.2, 0) is 0 Å². The van der Waals surface area contributed by atoms with Gasteiger partial charge in [-0.1, -0.05) is 0 Å². The summed E-state index contributed by atoms with van der Waals surface area (Å²) < 4.78 is 0.838. The van der Waals surface area contributed by atoms with Gasteiger partial charge in [-0.3, -0.25) is 9.89 Å². The number of aromatic nitrogens is 5. The molecule has 9 nitrogen and oxygen atoms in total. The summed E-state index contributed by atoms with van der Waals surface area (Å²) in [5, 5.41) is 19.1. The predicted octanol–water partition coefficient (Wildman–Crippen LogP) is -4.28. The molecule has 0 spiro atoms. The summed E-state index contributed by atoms with van der Waals surface area (Å²) in [5.41, 5.74) is -0.882. The van der Waals surface area contributed by atoms with E-state index >= 15 is 0 Å². The molecule has 0 unspecified atom stereocenters. The molecule has 10 heteroatoms. The fourth-order valence-corrected chi connectivity index (χ4v) is 0.829. The van der Waals surface area contributed by atoms with Gasteiger partial charge in [0.15, 0.2) is 0 Å². The van der Waals surface area contributed by atoms with Crippen molar-refractivity contribution >= 4 is 11.6 Å². The Morgan fingerprint density at radius 2 is 2.21 bits per heavy atom. The van der Waals surface area contributed by atoms with Crippen LogP contribution < -0.4 is 35.1 Å². The molecule has 0 aliphatic rings. The second-order valence-electron chi connectivity index (χ2n) is 2.11. The SMILES string of the molecule is O=c1c([N+](=O)[O-])nnc2nc[nH]n12.[Na+]. The Kier molecular flexibility index (Phi) is 2.93. The van der Waals surface area contributed by atoms with Crippen molar-refractivity contribution in [1.82, 2.24) is 24.8 Å². The Morgan fingerprint density at radius 3 is 2.86 bits per heavy atom. The van der Waals surface area contributed by atoms with Gasteiger partial charge in [0.25, 0.3) is 5.78 Å². The average Bonchev–Trinajstić information content (AvgIpc) is 2.52. The maximum absolute atomic E-state index is 11.2. The normalized spacial score (nSPS) is 9.71. The maximum Gasteiger partial charge on any atom is 1.00 e. The van der Waals surface area contributed by atoms with Crippen molar-refractivity contribution in [2.45, 2.75) is 0 Å². The van der Waals surface area contributed by atoms with Gasteiger partial charge in [0.05, 0.1) is 5.10 Å². The number of aromatic amines is 1. The predicted molar refractivity (Wildman–Crippen MR) is 38.1 cm³/mol. The molecule has 14 heavy (non-hydrogen) atoms. The Morgan fingerprint density at radius 1 is 1.50 bits per heavy atom. The van der Waals surface area contributed by atoms with Gasteiger partial charge in [0.1, 0.15) is 6.33 Å². The Bertz CT molecular complexity index is 531.